The fourth-order valence-corrected chi connectivity index (χ4v) is 2.01. The first-order valence-corrected chi connectivity index (χ1v) is 4.93. The number of halogens is 1. The molecule has 0 saturated carbocycles. The number of aryl methyl sites for hydroxylation is 1. The summed E-state index contributed by atoms with van der Waals surface area (Å²) in [5, 5.41) is 2.43. The Bertz CT molecular complexity index is 463. The van der Waals surface area contributed by atoms with E-state index in [0.717, 1.165) is 10.2 Å². The smallest absolute Gasteiger partial charge is 0.0483 e. The molecule has 0 fully saturated rings. The molecule has 0 saturated heterocycles. The van der Waals surface area contributed by atoms with E-state index in [4.69, 9.17) is 5.73 Å². The summed E-state index contributed by atoms with van der Waals surface area (Å²) in [5.41, 5.74) is 7.86. The van der Waals surface area contributed by atoms with Crippen LogP contribution in [0.3, 0.4) is 0 Å². The van der Waals surface area contributed by atoms with Crippen LogP contribution in [0.25, 0.3) is 10.8 Å². The molecular weight excluding hydrogens is 226 g/mol. The van der Waals surface area contributed by atoms with Crippen molar-refractivity contribution in [3.05, 3.63) is 40.4 Å². The second-order valence-electron chi connectivity index (χ2n) is 3.14. The lowest BCUT2D eigenvalue weighted by Gasteiger charge is -2.06. The zero-order valence-corrected chi connectivity index (χ0v) is 8.93. The maximum Gasteiger partial charge on any atom is 0.0483 e. The fourth-order valence-electron chi connectivity index (χ4n) is 1.55. The highest BCUT2D eigenvalue weighted by atomic mass is 79.9. The Morgan fingerprint density at radius 2 is 1.77 bits per heavy atom. The zero-order chi connectivity index (χ0) is 9.42. The van der Waals surface area contributed by atoms with E-state index in [1.165, 1.54) is 16.3 Å². The van der Waals surface area contributed by atoms with Gasteiger partial charge in [-0.2, -0.15) is 0 Å². The van der Waals surface area contributed by atoms with E-state index in [2.05, 4.69) is 35.0 Å². The summed E-state index contributed by atoms with van der Waals surface area (Å²) >= 11 is 3.49. The Morgan fingerprint density at radius 1 is 1.15 bits per heavy atom. The maximum atomic E-state index is 5.84. The summed E-state index contributed by atoms with van der Waals surface area (Å²) in [7, 11) is 0. The largest absolute Gasteiger partial charge is 0.398 e. The van der Waals surface area contributed by atoms with Crippen molar-refractivity contribution in [3.63, 3.8) is 0 Å². The molecule has 0 aliphatic rings. The van der Waals surface area contributed by atoms with Crippen LogP contribution < -0.4 is 5.73 Å². The average molecular weight is 236 g/mol. The van der Waals surface area contributed by atoms with E-state index >= 15 is 0 Å². The number of nitrogens with two attached hydrogens (primary N) is 1. The molecule has 0 aromatic heterocycles. The SMILES string of the molecule is Cc1cc(N)c(Br)c2ccccc12. The van der Waals surface area contributed by atoms with Gasteiger partial charge in [0, 0.05) is 10.2 Å². The highest BCUT2D eigenvalue weighted by Crippen LogP contribution is 2.31. The second-order valence-corrected chi connectivity index (χ2v) is 3.94. The minimum atomic E-state index is 0.802. The number of hydrogen-bond acceptors (Lipinski definition) is 1. The second kappa shape index (κ2) is 3.04. The van der Waals surface area contributed by atoms with Gasteiger partial charge in [-0.25, -0.2) is 0 Å². The van der Waals surface area contributed by atoms with Crippen LogP contribution in [0.5, 0.6) is 0 Å². The van der Waals surface area contributed by atoms with Crippen molar-refractivity contribution in [1.29, 1.82) is 0 Å². The van der Waals surface area contributed by atoms with E-state index < -0.39 is 0 Å². The van der Waals surface area contributed by atoms with Gasteiger partial charge in [0.05, 0.1) is 0 Å². The molecule has 0 amide bonds. The predicted molar refractivity (Wildman–Crippen MR) is 60.8 cm³/mol. The Balaban J connectivity index is 2.97. The quantitative estimate of drug-likeness (QED) is 0.696. The van der Waals surface area contributed by atoms with Gasteiger partial charge >= 0.3 is 0 Å². The van der Waals surface area contributed by atoms with Crippen LogP contribution in [-0.2, 0) is 0 Å². The summed E-state index contributed by atoms with van der Waals surface area (Å²) in [6.45, 7) is 2.07. The molecule has 0 spiro atoms. The lowest BCUT2D eigenvalue weighted by Crippen LogP contribution is -1.89. The van der Waals surface area contributed by atoms with E-state index in [0.29, 0.717) is 0 Å². The molecule has 0 aliphatic carbocycles. The Labute approximate surface area is 85.7 Å². The summed E-state index contributed by atoms with van der Waals surface area (Å²) in [6.07, 6.45) is 0. The number of benzene rings is 2. The van der Waals surface area contributed by atoms with Crippen LogP contribution in [-0.4, -0.2) is 0 Å². The first-order chi connectivity index (χ1) is 6.20. The van der Waals surface area contributed by atoms with Crippen LogP contribution in [0, 0.1) is 6.92 Å². The summed E-state index contributed by atoms with van der Waals surface area (Å²) in [4.78, 5) is 0. The Hall–Kier alpha value is -1.02. The zero-order valence-electron chi connectivity index (χ0n) is 7.34. The molecule has 2 aromatic carbocycles. The maximum absolute atomic E-state index is 5.84. The van der Waals surface area contributed by atoms with Gasteiger partial charge in [0.15, 0.2) is 0 Å². The minimum absolute atomic E-state index is 0.802. The first-order valence-electron chi connectivity index (χ1n) is 4.13. The molecule has 66 valence electrons. The van der Waals surface area contributed by atoms with Gasteiger partial charge < -0.3 is 5.73 Å². The molecule has 0 aliphatic heterocycles. The molecule has 0 unspecified atom stereocenters. The molecular formula is C11H10BrN. The van der Waals surface area contributed by atoms with Gasteiger partial charge in [0.2, 0.25) is 0 Å². The molecule has 2 N–H and O–H groups in total. The summed E-state index contributed by atoms with van der Waals surface area (Å²) < 4.78 is 0.994. The molecule has 2 heteroatoms. The van der Waals surface area contributed by atoms with Gasteiger partial charge in [-0.1, -0.05) is 24.3 Å². The van der Waals surface area contributed by atoms with E-state index in [9.17, 15) is 0 Å². The number of hydrogen-bond donors (Lipinski definition) is 1. The molecule has 0 bridgehead atoms. The van der Waals surface area contributed by atoms with Crippen molar-refractivity contribution in [2.75, 3.05) is 5.73 Å². The highest BCUT2D eigenvalue weighted by Gasteiger charge is 2.03. The third kappa shape index (κ3) is 1.31. The van der Waals surface area contributed by atoms with E-state index in [1.54, 1.807) is 0 Å². The predicted octanol–water partition coefficient (Wildman–Crippen LogP) is 3.49. The molecule has 1 nitrogen and oxygen atoms in total. The third-order valence-corrected chi connectivity index (χ3v) is 3.10. The average Bonchev–Trinajstić information content (AvgIpc) is 2.15. The lowest BCUT2D eigenvalue weighted by atomic mass is 10.0. The molecule has 0 atom stereocenters. The standard InChI is InChI=1S/C11H10BrN/c1-7-6-10(13)11(12)9-5-3-2-4-8(7)9/h2-6H,13H2,1H3. The van der Waals surface area contributed by atoms with Gasteiger partial charge in [-0.05, 0) is 45.3 Å². The van der Waals surface area contributed by atoms with Crippen molar-refractivity contribution in [2.45, 2.75) is 6.92 Å². The number of nitrogen functional groups attached to an aromatic ring is 1. The summed E-state index contributed by atoms with van der Waals surface area (Å²) in [5.74, 6) is 0. The Kier molecular flexibility index (Phi) is 2.00. The number of anilines is 1. The minimum Gasteiger partial charge on any atom is -0.398 e. The number of fused-ring (bicyclic) bond motifs is 1. The van der Waals surface area contributed by atoms with E-state index in [-0.39, 0.29) is 0 Å². The fraction of sp³-hybridized carbons (Fsp3) is 0.0909. The van der Waals surface area contributed by atoms with Crippen LogP contribution in [0.1, 0.15) is 5.56 Å². The number of rotatable bonds is 0. The molecule has 0 radical (unpaired) electrons. The van der Waals surface area contributed by atoms with Gasteiger partial charge in [-0.15, -0.1) is 0 Å². The summed E-state index contributed by atoms with van der Waals surface area (Å²) in [6, 6.07) is 10.2. The molecule has 2 rings (SSSR count). The highest BCUT2D eigenvalue weighted by molar-refractivity contribution is 9.10. The van der Waals surface area contributed by atoms with Crippen molar-refractivity contribution in [3.8, 4) is 0 Å². The van der Waals surface area contributed by atoms with Crippen molar-refractivity contribution < 1.29 is 0 Å². The molecule has 13 heavy (non-hydrogen) atoms. The molecule has 0 heterocycles. The van der Waals surface area contributed by atoms with Gasteiger partial charge in [0.1, 0.15) is 0 Å². The van der Waals surface area contributed by atoms with Gasteiger partial charge in [0.25, 0.3) is 0 Å². The van der Waals surface area contributed by atoms with Crippen LogP contribution in [0.4, 0.5) is 5.69 Å². The topological polar surface area (TPSA) is 26.0 Å². The van der Waals surface area contributed by atoms with Crippen molar-refractivity contribution >= 4 is 32.4 Å². The Morgan fingerprint density at radius 3 is 2.46 bits per heavy atom. The van der Waals surface area contributed by atoms with Crippen LogP contribution in [0.2, 0.25) is 0 Å². The van der Waals surface area contributed by atoms with Gasteiger partial charge in [-0.3, -0.25) is 0 Å². The first kappa shape index (κ1) is 8.57. The molecule has 2 aromatic rings. The lowest BCUT2D eigenvalue weighted by molar-refractivity contribution is 1.52. The van der Waals surface area contributed by atoms with Crippen molar-refractivity contribution in [2.24, 2.45) is 0 Å². The monoisotopic (exact) mass is 235 g/mol. The van der Waals surface area contributed by atoms with Crippen LogP contribution in [0.15, 0.2) is 34.8 Å². The third-order valence-electron chi connectivity index (χ3n) is 2.21. The normalized spacial score (nSPS) is 10.6. The van der Waals surface area contributed by atoms with Crippen molar-refractivity contribution in [1.82, 2.24) is 0 Å². The van der Waals surface area contributed by atoms with Crippen LogP contribution >= 0.6 is 15.9 Å². The van der Waals surface area contributed by atoms with E-state index in [1.807, 2.05) is 18.2 Å².